The third-order valence-corrected chi connectivity index (χ3v) is 4.87. The van der Waals surface area contributed by atoms with Crippen LogP contribution in [0, 0.1) is 12.8 Å². The van der Waals surface area contributed by atoms with Crippen molar-refractivity contribution in [3.05, 3.63) is 47.2 Å². The van der Waals surface area contributed by atoms with Gasteiger partial charge in [-0.1, -0.05) is 31.2 Å². The minimum absolute atomic E-state index is 0.186. The van der Waals surface area contributed by atoms with Gasteiger partial charge in [0.05, 0.1) is 19.6 Å². The maximum atomic E-state index is 9.63. The van der Waals surface area contributed by atoms with Gasteiger partial charge in [0.15, 0.2) is 0 Å². The molecule has 1 aliphatic rings. The molecule has 1 aromatic carbocycles. The number of aliphatic hydroxyl groups is 1. The van der Waals surface area contributed by atoms with Crippen LogP contribution in [-0.4, -0.2) is 39.4 Å². The van der Waals surface area contributed by atoms with Crippen molar-refractivity contribution in [2.45, 2.75) is 45.7 Å². The molecule has 1 N–H and O–H groups in total. The predicted molar refractivity (Wildman–Crippen MR) is 88.0 cm³/mol. The predicted octanol–water partition coefficient (Wildman–Crippen LogP) is 2.56. The number of hydrogen-bond donors (Lipinski definition) is 1. The molecule has 1 saturated heterocycles. The molecule has 1 aromatic heterocycles. The van der Waals surface area contributed by atoms with E-state index in [0.717, 1.165) is 13.0 Å². The average molecular weight is 315 g/mol. The van der Waals surface area contributed by atoms with Gasteiger partial charge in [0.25, 0.3) is 0 Å². The Morgan fingerprint density at radius 1 is 1.26 bits per heavy atom. The number of likely N-dealkylation sites (tertiary alicyclic amines) is 1. The summed E-state index contributed by atoms with van der Waals surface area (Å²) in [6.07, 6.45) is 2.99. The lowest BCUT2D eigenvalue weighted by Gasteiger charge is -2.38. The summed E-state index contributed by atoms with van der Waals surface area (Å²) in [7, 11) is 0. The molecule has 1 aliphatic heterocycles. The van der Waals surface area contributed by atoms with E-state index in [1.807, 2.05) is 12.1 Å². The highest BCUT2D eigenvalue weighted by molar-refractivity contribution is 5.27. The lowest BCUT2D eigenvalue weighted by molar-refractivity contribution is 0.0411. The number of hydrogen-bond acceptors (Lipinski definition) is 5. The van der Waals surface area contributed by atoms with Gasteiger partial charge in [0.1, 0.15) is 0 Å². The zero-order valence-corrected chi connectivity index (χ0v) is 13.9. The average Bonchev–Trinajstić information content (AvgIpc) is 2.97. The third kappa shape index (κ3) is 3.79. The molecule has 0 aliphatic carbocycles. The zero-order chi connectivity index (χ0) is 16.2. The van der Waals surface area contributed by atoms with Crippen molar-refractivity contribution in [3.8, 4) is 0 Å². The number of aliphatic hydroxyl groups excluding tert-OH is 1. The van der Waals surface area contributed by atoms with Crippen molar-refractivity contribution in [2.75, 3.05) is 13.2 Å². The highest BCUT2D eigenvalue weighted by atomic mass is 16.4. The summed E-state index contributed by atoms with van der Waals surface area (Å²) in [5, 5.41) is 18.0. The summed E-state index contributed by atoms with van der Waals surface area (Å²) in [5.41, 5.74) is 2.44. The Morgan fingerprint density at radius 3 is 2.83 bits per heavy atom. The zero-order valence-electron chi connectivity index (χ0n) is 13.9. The molecule has 2 atom stereocenters. The molecule has 0 spiro atoms. The maximum Gasteiger partial charge on any atom is 0.230 e. The number of aromatic nitrogens is 2. The van der Waals surface area contributed by atoms with Crippen LogP contribution >= 0.6 is 0 Å². The molecule has 3 rings (SSSR count). The fourth-order valence-corrected chi connectivity index (χ4v) is 3.39. The molecule has 1 fully saturated rings. The lowest BCUT2D eigenvalue weighted by Crippen LogP contribution is -2.46. The minimum atomic E-state index is 0.186. The van der Waals surface area contributed by atoms with E-state index in [9.17, 15) is 5.11 Å². The van der Waals surface area contributed by atoms with Gasteiger partial charge in [0.2, 0.25) is 11.8 Å². The molecule has 2 unspecified atom stereocenters. The SMILES string of the molecule is Cc1ccccc1Cc1nnc(CN2CCCC(C)C2CO)o1. The first-order valence-electron chi connectivity index (χ1n) is 8.38. The molecule has 2 aromatic rings. The monoisotopic (exact) mass is 315 g/mol. The largest absolute Gasteiger partial charge is 0.424 e. The first kappa shape index (κ1) is 16.1. The fraction of sp³-hybridized carbons (Fsp3) is 0.556. The van der Waals surface area contributed by atoms with Crippen LogP contribution in [0.4, 0.5) is 0 Å². The number of nitrogens with zero attached hydrogens (tertiary/aromatic N) is 3. The van der Waals surface area contributed by atoms with Crippen molar-refractivity contribution in [3.63, 3.8) is 0 Å². The van der Waals surface area contributed by atoms with Gasteiger partial charge in [-0.2, -0.15) is 0 Å². The fourth-order valence-electron chi connectivity index (χ4n) is 3.39. The van der Waals surface area contributed by atoms with Gasteiger partial charge in [-0.3, -0.25) is 4.90 Å². The molecule has 0 saturated carbocycles. The van der Waals surface area contributed by atoms with Gasteiger partial charge in [-0.15, -0.1) is 10.2 Å². The second-order valence-electron chi connectivity index (χ2n) is 6.53. The quantitative estimate of drug-likeness (QED) is 0.919. The summed E-state index contributed by atoms with van der Waals surface area (Å²) in [4.78, 5) is 2.26. The van der Waals surface area contributed by atoms with Gasteiger partial charge >= 0.3 is 0 Å². The topological polar surface area (TPSA) is 62.4 Å². The molecular formula is C18H25N3O2. The van der Waals surface area contributed by atoms with Crippen LogP contribution in [-0.2, 0) is 13.0 Å². The Kier molecular flexibility index (Phi) is 5.08. The summed E-state index contributed by atoms with van der Waals surface area (Å²) >= 11 is 0. The Hall–Kier alpha value is -1.72. The van der Waals surface area contributed by atoms with Crippen LogP contribution in [0.3, 0.4) is 0 Å². The molecule has 0 amide bonds. The van der Waals surface area contributed by atoms with Crippen LogP contribution < -0.4 is 0 Å². The normalized spacial score (nSPS) is 22.4. The number of benzene rings is 1. The number of piperidine rings is 1. The Balaban J connectivity index is 1.66. The van der Waals surface area contributed by atoms with Crippen LogP contribution in [0.2, 0.25) is 0 Å². The van der Waals surface area contributed by atoms with Gasteiger partial charge in [-0.05, 0) is 43.4 Å². The summed E-state index contributed by atoms with van der Waals surface area (Å²) < 4.78 is 5.83. The van der Waals surface area contributed by atoms with E-state index < -0.39 is 0 Å². The smallest absolute Gasteiger partial charge is 0.230 e. The van der Waals surface area contributed by atoms with E-state index in [1.165, 1.54) is 17.5 Å². The third-order valence-electron chi connectivity index (χ3n) is 4.87. The van der Waals surface area contributed by atoms with Crippen molar-refractivity contribution < 1.29 is 9.52 Å². The van der Waals surface area contributed by atoms with E-state index in [1.54, 1.807) is 0 Å². The molecule has 124 valence electrons. The van der Waals surface area contributed by atoms with Crippen LogP contribution in [0.5, 0.6) is 0 Å². The first-order chi connectivity index (χ1) is 11.2. The van der Waals surface area contributed by atoms with E-state index in [-0.39, 0.29) is 12.6 Å². The van der Waals surface area contributed by atoms with Gasteiger partial charge in [-0.25, -0.2) is 0 Å². The van der Waals surface area contributed by atoms with E-state index in [2.05, 4.69) is 41.1 Å². The second-order valence-corrected chi connectivity index (χ2v) is 6.53. The van der Waals surface area contributed by atoms with Crippen LogP contribution in [0.1, 0.15) is 42.7 Å². The maximum absolute atomic E-state index is 9.63. The number of rotatable bonds is 5. The highest BCUT2D eigenvalue weighted by Crippen LogP contribution is 2.24. The van der Waals surface area contributed by atoms with E-state index >= 15 is 0 Å². The Morgan fingerprint density at radius 2 is 2.04 bits per heavy atom. The van der Waals surface area contributed by atoms with Crippen LogP contribution in [0.25, 0.3) is 0 Å². The Bertz CT molecular complexity index is 641. The van der Waals surface area contributed by atoms with Crippen molar-refractivity contribution >= 4 is 0 Å². The van der Waals surface area contributed by atoms with E-state index in [0.29, 0.717) is 30.7 Å². The molecule has 2 heterocycles. The molecule has 5 nitrogen and oxygen atoms in total. The standard InChI is InChI=1S/C18H25N3O2/c1-13-6-3-4-8-15(13)10-17-19-20-18(23-17)11-21-9-5-7-14(2)16(21)12-22/h3-4,6,8,14,16,22H,5,7,9-12H2,1-2H3. The van der Waals surface area contributed by atoms with Crippen molar-refractivity contribution in [2.24, 2.45) is 5.92 Å². The van der Waals surface area contributed by atoms with Crippen molar-refractivity contribution in [1.82, 2.24) is 15.1 Å². The van der Waals surface area contributed by atoms with Gasteiger partial charge < -0.3 is 9.52 Å². The van der Waals surface area contributed by atoms with Crippen LogP contribution in [0.15, 0.2) is 28.7 Å². The highest BCUT2D eigenvalue weighted by Gasteiger charge is 2.29. The molecule has 0 radical (unpaired) electrons. The first-order valence-corrected chi connectivity index (χ1v) is 8.38. The van der Waals surface area contributed by atoms with Crippen molar-refractivity contribution in [1.29, 1.82) is 0 Å². The lowest BCUT2D eigenvalue weighted by atomic mass is 9.91. The van der Waals surface area contributed by atoms with E-state index in [4.69, 9.17) is 4.42 Å². The molecule has 23 heavy (non-hydrogen) atoms. The number of aryl methyl sites for hydroxylation is 1. The molecular weight excluding hydrogens is 290 g/mol. The summed E-state index contributed by atoms with van der Waals surface area (Å²) in [6.45, 7) is 6.07. The molecule has 0 bridgehead atoms. The minimum Gasteiger partial charge on any atom is -0.424 e. The second kappa shape index (κ2) is 7.23. The Labute approximate surface area is 137 Å². The molecule has 5 heteroatoms. The summed E-state index contributed by atoms with van der Waals surface area (Å²) in [6, 6.07) is 8.43. The van der Waals surface area contributed by atoms with Gasteiger partial charge in [0, 0.05) is 6.04 Å². The summed E-state index contributed by atoms with van der Waals surface area (Å²) in [5.74, 6) is 1.80.